The van der Waals surface area contributed by atoms with Crippen LogP contribution in [-0.4, -0.2) is 86.8 Å². The van der Waals surface area contributed by atoms with Crippen molar-refractivity contribution in [2.24, 2.45) is 23.7 Å². The Hall–Kier alpha value is -4.92. The van der Waals surface area contributed by atoms with Crippen molar-refractivity contribution in [3.05, 3.63) is 52.8 Å². The van der Waals surface area contributed by atoms with E-state index in [-0.39, 0.29) is 28.7 Å². The average molecular weight is 726 g/mol. The molecule has 282 valence electrons. The maximum atomic E-state index is 14.0. The van der Waals surface area contributed by atoms with Gasteiger partial charge in [-0.25, -0.2) is 0 Å². The van der Waals surface area contributed by atoms with Crippen LogP contribution in [-0.2, 0) is 23.8 Å². The summed E-state index contributed by atoms with van der Waals surface area (Å²) in [5, 5.41) is 58.2. The zero-order valence-corrected chi connectivity index (χ0v) is 30.6. The lowest BCUT2D eigenvalue weighted by Crippen LogP contribution is -2.46. The summed E-state index contributed by atoms with van der Waals surface area (Å²) in [6, 6.07) is 0. The first-order valence-electron chi connectivity index (χ1n) is 16.9. The molecule has 0 unspecified atom stereocenters. The molecule has 0 saturated carbocycles. The van der Waals surface area contributed by atoms with Gasteiger partial charge in [-0.05, 0) is 19.9 Å². The number of Topliss-reactive ketones (excluding diaryl/α,β-unsaturated/α-hetero) is 1. The molecular weight excluding hydrogens is 678 g/mol. The Morgan fingerprint density at radius 2 is 1.60 bits per heavy atom. The van der Waals surface area contributed by atoms with Gasteiger partial charge in [-0.3, -0.25) is 19.2 Å². The Balaban J connectivity index is 1.93. The molecule has 3 aliphatic heterocycles. The number of methoxy groups -OCH3 is 1. The number of esters is 1. The van der Waals surface area contributed by atoms with E-state index in [1.165, 1.54) is 53.0 Å². The molecule has 3 heterocycles. The lowest BCUT2D eigenvalue weighted by atomic mass is 9.78. The molecule has 52 heavy (non-hydrogen) atoms. The number of rotatable bonds is 3. The summed E-state index contributed by atoms with van der Waals surface area (Å²) in [4.78, 5) is 51.8. The van der Waals surface area contributed by atoms with Crippen molar-refractivity contribution in [2.75, 3.05) is 12.4 Å². The van der Waals surface area contributed by atoms with Gasteiger partial charge in [-0.2, -0.15) is 0 Å². The highest BCUT2D eigenvalue weighted by atomic mass is 16.7. The fourth-order valence-corrected chi connectivity index (χ4v) is 6.86. The number of anilines is 1. The normalized spacial score (nSPS) is 32.3. The molecule has 0 aliphatic carbocycles. The zero-order chi connectivity index (χ0) is 39.0. The second-order valence-electron chi connectivity index (χ2n) is 13.7. The molecular formula is C38H47NO13. The quantitative estimate of drug-likeness (QED) is 0.111. The molecule has 2 aromatic rings. The number of aromatic hydroxyl groups is 3. The van der Waals surface area contributed by atoms with Crippen LogP contribution >= 0.6 is 0 Å². The molecule has 0 radical (unpaired) electrons. The van der Waals surface area contributed by atoms with Crippen LogP contribution in [0.2, 0.25) is 0 Å². The van der Waals surface area contributed by atoms with E-state index >= 15 is 0 Å². The minimum Gasteiger partial charge on any atom is -0.507 e. The second kappa shape index (κ2) is 15.4. The monoisotopic (exact) mass is 725 g/mol. The number of benzene rings is 2. The van der Waals surface area contributed by atoms with Gasteiger partial charge in [0.2, 0.25) is 0 Å². The molecule has 5 rings (SSSR count). The van der Waals surface area contributed by atoms with Crippen molar-refractivity contribution >= 4 is 40.4 Å². The number of ether oxygens (including phenoxy) is 4. The highest BCUT2D eigenvalue weighted by Crippen LogP contribution is 2.55. The highest BCUT2D eigenvalue weighted by molar-refractivity contribution is 6.23. The molecule has 0 spiro atoms. The molecule has 2 aromatic carbocycles. The molecule has 0 saturated heterocycles. The molecule has 0 fully saturated rings. The van der Waals surface area contributed by atoms with Crippen LogP contribution in [0.3, 0.4) is 0 Å². The summed E-state index contributed by atoms with van der Waals surface area (Å²) < 4.78 is 23.1. The van der Waals surface area contributed by atoms with Crippen LogP contribution in [0.4, 0.5) is 5.69 Å². The Morgan fingerprint density at radius 3 is 2.19 bits per heavy atom. The van der Waals surface area contributed by atoms with Gasteiger partial charge in [0.05, 0.1) is 46.8 Å². The van der Waals surface area contributed by atoms with Crippen molar-refractivity contribution < 1.29 is 63.7 Å². The van der Waals surface area contributed by atoms with Crippen molar-refractivity contribution in [1.82, 2.24) is 0 Å². The fourth-order valence-electron chi connectivity index (χ4n) is 6.86. The molecule has 1 amide bonds. The summed E-state index contributed by atoms with van der Waals surface area (Å²) in [6.07, 6.45) is 3.41. The lowest BCUT2D eigenvalue weighted by Gasteiger charge is -2.38. The predicted octanol–water partition coefficient (Wildman–Crippen LogP) is 4.57. The average Bonchev–Trinajstić information content (AvgIpc) is 3.36. The van der Waals surface area contributed by atoms with E-state index in [0.29, 0.717) is 0 Å². The number of fused-ring (bicyclic) bond motifs is 14. The Labute approximate surface area is 301 Å². The van der Waals surface area contributed by atoms with Crippen LogP contribution < -0.4 is 10.1 Å². The Kier molecular flexibility index (Phi) is 11.8. The number of hydrogen-bond acceptors (Lipinski definition) is 13. The summed E-state index contributed by atoms with van der Waals surface area (Å²) >= 11 is 0. The van der Waals surface area contributed by atoms with Crippen molar-refractivity contribution in [1.29, 1.82) is 0 Å². The number of aliphatic hydroxyl groups is 2. The standard InChI is InChI=1S/C38H47NO13/c1-16-11-10-12-17(2)37(48)39-28-23(15-40)32(45)25-26(33(28)46)31(44)21(6)35-27(25)36(47)38(8,52-35)50-14-13-24(49-9)18(3)34(51-22(7)41)20(5)30(43)19(4)29(16)42/h10-16,18-20,24,29-30,34,42-46H,1-9H3,(H,39,48)/b11-10+,14-13+,17-12-/t16-,18+,19+,20+,24-,29-,30+,34+,38-/m0/s1. The molecule has 5 bridgehead atoms. The van der Waals surface area contributed by atoms with Crippen LogP contribution in [0.1, 0.15) is 74.7 Å². The third-order valence-electron chi connectivity index (χ3n) is 10.2. The van der Waals surface area contributed by atoms with E-state index < -0.39 is 111 Å². The van der Waals surface area contributed by atoms with E-state index in [1.54, 1.807) is 33.8 Å². The maximum absolute atomic E-state index is 14.0. The first-order valence-corrected chi connectivity index (χ1v) is 16.9. The predicted molar refractivity (Wildman–Crippen MR) is 189 cm³/mol. The summed E-state index contributed by atoms with van der Waals surface area (Å²) in [5.74, 6) is -9.19. The molecule has 14 nitrogen and oxygen atoms in total. The van der Waals surface area contributed by atoms with Gasteiger partial charge in [0.25, 0.3) is 11.7 Å². The number of aldehydes is 1. The van der Waals surface area contributed by atoms with Crippen molar-refractivity contribution in [3.63, 3.8) is 0 Å². The van der Waals surface area contributed by atoms with Crippen molar-refractivity contribution in [3.8, 4) is 23.0 Å². The number of phenols is 3. The van der Waals surface area contributed by atoms with E-state index in [1.807, 2.05) is 0 Å². The largest absolute Gasteiger partial charge is 0.507 e. The molecule has 6 N–H and O–H groups in total. The maximum Gasteiger partial charge on any atom is 0.312 e. The zero-order valence-electron chi connectivity index (χ0n) is 30.6. The van der Waals surface area contributed by atoms with E-state index in [4.69, 9.17) is 18.9 Å². The number of ketones is 1. The van der Waals surface area contributed by atoms with E-state index in [2.05, 4.69) is 5.32 Å². The Morgan fingerprint density at radius 1 is 0.942 bits per heavy atom. The fraction of sp³-hybridized carbons (Fsp3) is 0.474. The number of aliphatic hydroxyl groups excluding tert-OH is 2. The topological polar surface area (TPSA) is 218 Å². The minimum absolute atomic E-state index is 0.00425. The smallest absolute Gasteiger partial charge is 0.312 e. The van der Waals surface area contributed by atoms with Gasteiger partial charge < -0.3 is 49.8 Å². The third-order valence-corrected chi connectivity index (χ3v) is 10.2. The number of carbonyl (C=O) groups excluding carboxylic acids is 4. The van der Waals surface area contributed by atoms with Crippen molar-refractivity contribution in [2.45, 2.75) is 85.6 Å². The lowest BCUT2D eigenvalue weighted by molar-refractivity contribution is -0.160. The second-order valence-corrected chi connectivity index (χ2v) is 13.7. The Bertz CT molecular complexity index is 1860. The number of phenolic OH excluding ortho intramolecular Hbond substituents is 3. The molecule has 3 aliphatic rings. The van der Waals surface area contributed by atoms with Gasteiger partial charge in [0.15, 0.2) is 12.0 Å². The van der Waals surface area contributed by atoms with Gasteiger partial charge in [0, 0.05) is 61.2 Å². The number of hydrogen-bond donors (Lipinski definition) is 6. The van der Waals surface area contributed by atoms with Gasteiger partial charge in [-0.15, -0.1) is 0 Å². The van der Waals surface area contributed by atoms with Gasteiger partial charge >= 0.3 is 11.8 Å². The van der Waals surface area contributed by atoms with E-state index in [0.717, 1.165) is 6.26 Å². The highest BCUT2D eigenvalue weighted by Gasteiger charge is 2.50. The SMILES string of the molecule is CO[C@H]1/C=C/O[C@@]2(C)Oc3c(C)c(O)c4c(O)c(c(C=O)c(O)c4c3C2=O)NC(=O)/C(C)=C\C=C\[C@H](C)[C@H](O)[C@@H](C)[C@@H](O)[C@@H](C)[C@H](OC(C)=O)[C@@H]1C. The molecule has 0 aromatic heterocycles. The van der Waals surface area contributed by atoms with Crippen LogP contribution in [0, 0.1) is 30.6 Å². The first kappa shape index (κ1) is 39.9. The number of amides is 1. The van der Waals surface area contributed by atoms with Crippen LogP contribution in [0.5, 0.6) is 23.0 Å². The van der Waals surface area contributed by atoms with Crippen LogP contribution in [0.25, 0.3) is 10.8 Å². The number of allylic oxidation sites excluding steroid dienone is 2. The van der Waals surface area contributed by atoms with E-state index in [9.17, 15) is 44.7 Å². The summed E-state index contributed by atoms with van der Waals surface area (Å²) in [6.45, 7) is 12.2. The minimum atomic E-state index is -2.08. The summed E-state index contributed by atoms with van der Waals surface area (Å²) in [5.41, 5.74) is -1.27. The van der Waals surface area contributed by atoms with Gasteiger partial charge in [0.1, 0.15) is 23.4 Å². The third kappa shape index (κ3) is 7.10. The first-order chi connectivity index (χ1) is 24.3. The molecule has 9 atom stereocenters. The van der Waals surface area contributed by atoms with Gasteiger partial charge in [-0.1, -0.05) is 45.9 Å². The molecule has 14 heteroatoms. The summed E-state index contributed by atoms with van der Waals surface area (Å²) in [7, 11) is 1.41. The number of carbonyl (C=O) groups is 4. The van der Waals surface area contributed by atoms with Crippen LogP contribution in [0.15, 0.2) is 36.1 Å². The number of nitrogens with one attached hydrogen (secondary N) is 1.